The van der Waals surface area contributed by atoms with Gasteiger partial charge in [0.15, 0.2) is 5.76 Å². The van der Waals surface area contributed by atoms with E-state index in [-0.39, 0.29) is 11.6 Å². The molecule has 4 heteroatoms. The monoisotopic (exact) mass is 178 g/mol. The Morgan fingerprint density at radius 3 is 2.69 bits per heavy atom. The summed E-state index contributed by atoms with van der Waals surface area (Å²) in [6.45, 7) is 0. The molecule has 1 heterocycles. The minimum atomic E-state index is -0.369. The van der Waals surface area contributed by atoms with E-state index in [0.717, 1.165) is 0 Å². The summed E-state index contributed by atoms with van der Waals surface area (Å²) in [5.41, 5.74) is 6.19. The first-order valence-electron chi connectivity index (χ1n) is 3.74. The van der Waals surface area contributed by atoms with Crippen LogP contribution in [-0.2, 0) is 0 Å². The maximum atomic E-state index is 13.2. The van der Waals surface area contributed by atoms with Crippen LogP contribution >= 0.6 is 0 Å². The third kappa shape index (κ3) is 1.26. The fourth-order valence-electron chi connectivity index (χ4n) is 1.10. The number of halogens is 1. The van der Waals surface area contributed by atoms with E-state index in [2.05, 4.69) is 5.16 Å². The molecule has 0 spiro atoms. The first-order chi connectivity index (χ1) is 6.29. The molecule has 66 valence electrons. The summed E-state index contributed by atoms with van der Waals surface area (Å²) in [5.74, 6) is -0.0935. The van der Waals surface area contributed by atoms with Crippen LogP contribution in [0.25, 0.3) is 11.3 Å². The lowest BCUT2D eigenvalue weighted by Crippen LogP contribution is -1.87. The summed E-state index contributed by atoms with van der Waals surface area (Å²) in [5, 5.41) is 3.47. The van der Waals surface area contributed by atoms with Crippen LogP contribution in [0.15, 0.2) is 35.0 Å². The van der Waals surface area contributed by atoms with Gasteiger partial charge in [0.25, 0.3) is 0 Å². The Hall–Kier alpha value is -1.84. The van der Waals surface area contributed by atoms with Crippen molar-refractivity contribution in [2.45, 2.75) is 0 Å². The van der Waals surface area contributed by atoms with Crippen molar-refractivity contribution in [3.05, 3.63) is 36.3 Å². The van der Waals surface area contributed by atoms with Gasteiger partial charge in [-0.25, -0.2) is 4.39 Å². The highest BCUT2D eigenvalue weighted by Crippen LogP contribution is 2.27. The molecule has 0 unspecified atom stereocenters. The van der Waals surface area contributed by atoms with E-state index in [4.69, 9.17) is 10.3 Å². The lowest BCUT2D eigenvalue weighted by atomic mass is 10.1. The summed E-state index contributed by atoms with van der Waals surface area (Å²) in [4.78, 5) is 0. The quantitative estimate of drug-likeness (QED) is 0.727. The SMILES string of the molecule is Nc1cnoc1-c1ccccc1F. The van der Waals surface area contributed by atoms with Crippen molar-refractivity contribution in [1.82, 2.24) is 5.16 Å². The molecular formula is C9H7FN2O. The third-order valence-corrected chi connectivity index (χ3v) is 1.72. The van der Waals surface area contributed by atoms with Crippen LogP contribution in [0.1, 0.15) is 0 Å². The molecule has 0 aliphatic carbocycles. The van der Waals surface area contributed by atoms with Gasteiger partial charge in [-0.1, -0.05) is 17.3 Å². The van der Waals surface area contributed by atoms with Gasteiger partial charge in [0.2, 0.25) is 0 Å². The molecule has 2 N–H and O–H groups in total. The molecule has 1 aromatic carbocycles. The molecule has 1 aromatic heterocycles. The van der Waals surface area contributed by atoms with Gasteiger partial charge in [-0.2, -0.15) is 0 Å². The molecule has 2 aromatic rings. The Balaban J connectivity index is 2.59. The second-order valence-electron chi connectivity index (χ2n) is 2.59. The molecule has 0 saturated carbocycles. The molecule has 13 heavy (non-hydrogen) atoms. The van der Waals surface area contributed by atoms with Crippen LogP contribution < -0.4 is 5.73 Å². The van der Waals surface area contributed by atoms with Gasteiger partial charge < -0.3 is 10.3 Å². The zero-order valence-electron chi connectivity index (χ0n) is 6.70. The normalized spacial score (nSPS) is 10.2. The number of anilines is 1. The summed E-state index contributed by atoms with van der Waals surface area (Å²) >= 11 is 0. The van der Waals surface area contributed by atoms with Crippen LogP contribution in [0.5, 0.6) is 0 Å². The first-order valence-corrected chi connectivity index (χ1v) is 3.74. The van der Waals surface area contributed by atoms with Gasteiger partial charge in [0, 0.05) is 0 Å². The molecule has 3 nitrogen and oxygen atoms in total. The number of rotatable bonds is 1. The Bertz CT molecular complexity index is 425. The molecule has 0 aliphatic rings. The summed E-state index contributed by atoms with van der Waals surface area (Å²) in [7, 11) is 0. The topological polar surface area (TPSA) is 52.0 Å². The molecule has 0 bridgehead atoms. The molecule has 0 aliphatic heterocycles. The maximum Gasteiger partial charge on any atom is 0.192 e. The summed E-state index contributed by atoms with van der Waals surface area (Å²) in [6, 6.07) is 6.25. The molecular weight excluding hydrogens is 171 g/mol. The predicted molar refractivity (Wildman–Crippen MR) is 46.3 cm³/mol. The minimum absolute atomic E-state index is 0.276. The third-order valence-electron chi connectivity index (χ3n) is 1.72. The lowest BCUT2D eigenvalue weighted by molar-refractivity contribution is 0.430. The largest absolute Gasteiger partial charge is 0.394 e. The molecule has 0 fully saturated rings. The first kappa shape index (κ1) is 7.79. The zero-order chi connectivity index (χ0) is 9.26. The van der Waals surface area contributed by atoms with Crippen molar-refractivity contribution < 1.29 is 8.91 Å². The maximum absolute atomic E-state index is 13.2. The highest BCUT2D eigenvalue weighted by Gasteiger charge is 2.11. The molecule has 0 radical (unpaired) electrons. The van der Waals surface area contributed by atoms with Gasteiger partial charge >= 0.3 is 0 Å². The van der Waals surface area contributed by atoms with Crippen molar-refractivity contribution in [2.75, 3.05) is 5.73 Å². The predicted octanol–water partition coefficient (Wildman–Crippen LogP) is 2.06. The van der Waals surface area contributed by atoms with Crippen LogP contribution in [0.4, 0.5) is 10.1 Å². The molecule has 0 saturated heterocycles. The van der Waals surface area contributed by atoms with E-state index < -0.39 is 0 Å². The second-order valence-corrected chi connectivity index (χ2v) is 2.59. The molecule has 0 atom stereocenters. The highest BCUT2D eigenvalue weighted by molar-refractivity contribution is 5.70. The van der Waals surface area contributed by atoms with Crippen LogP contribution in [0.2, 0.25) is 0 Å². The number of aromatic nitrogens is 1. The average Bonchev–Trinajstić information content (AvgIpc) is 2.52. The standard InChI is InChI=1S/C9H7FN2O/c10-7-4-2-1-3-6(7)9-8(11)5-12-13-9/h1-5H,11H2. The number of benzene rings is 1. The number of nitrogens with zero attached hydrogens (tertiary/aromatic N) is 1. The van der Waals surface area contributed by atoms with Crippen LogP contribution in [-0.4, -0.2) is 5.16 Å². The zero-order valence-corrected chi connectivity index (χ0v) is 6.70. The van der Waals surface area contributed by atoms with Crippen molar-refractivity contribution in [3.63, 3.8) is 0 Å². The Labute approximate surface area is 74.0 Å². The van der Waals surface area contributed by atoms with Gasteiger partial charge in [0.05, 0.1) is 11.8 Å². The van der Waals surface area contributed by atoms with E-state index in [1.54, 1.807) is 18.2 Å². The van der Waals surface area contributed by atoms with Gasteiger partial charge in [-0.3, -0.25) is 0 Å². The summed E-state index contributed by atoms with van der Waals surface area (Å²) < 4.78 is 18.0. The number of nitrogens with two attached hydrogens (primary N) is 1. The van der Waals surface area contributed by atoms with Crippen LogP contribution in [0, 0.1) is 5.82 Å². The Kier molecular flexibility index (Phi) is 1.73. The summed E-state index contributed by atoms with van der Waals surface area (Å²) in [6.07, 6.45) is 1.35. The van der Waals surface area contributed by atoms with Gasteiger partial charge in [0.1, 0.15) is 11.5 Å². The van der Waals surface area contributed by atoms with E-state index in [9.17, 15) is 4.39 Å². The van der Waals surface area contributed by atoms with E-state index >= 15 is 0 Å². The Morgan fingerprint density at radius 2 is 2.08 bits per heavy atom. The lowest BCUT2D eigenvalue weighted by Gasteiger charge is -1.97. The minimum Gasteiger partial charge on any atom is -0.394 e. The van der Waals surface area contributed by atoms with E-state index in [1.807, 2.05) is 0 Å². The van der Waals surface area contributed by atoms with Crippen molar-refractivity contribution in [2.24, 2.45) is 0 Å². The molecule has 0 amide bonds. The fraction of sp³-hybridized carbons (Fsp3) is 0. The van der Waals surface area contributed by atoms with Gasteiger partial charge in [-0.05, 0) is 12.1 Å². The number of nitrogen functional groups attached to an aromatic ring is 1. The van der Waals surface area contributed by atoms with E-state index in [0.29, 0.717) is 11.3 Å². The molecule has 2 rings (SSSR count). The van der Waals surface area contributed by atoms with Gasteiger partial charge in [-0.15, -0.1) is 0 Å². The van der Waals surface area contributed by atoms with E-state index in [1.165, 1.54) is 12.3 Å². The number of hydrogen-bond donors (Lipinski definition) is 1. The smallest absolute Gasteiger partial charge is 0.192 e. The Morgan fingerprint density at radius 1 is 1.31 bits per heavy atom. The van der Waals surface area contributed by atoms with Crippen molar-refractivity contribution in [3.8, 4) is 11.3 Å². The average molecular weight is 178 g/mol. The number of hydrogen-bond acceptors (Lipinski definition) is 3. The fourth-order valence-corrected chi connectivity index (χ4v) is 1.10. The second kappa shape index (κ2) is 2.90. The van der Waals surface area contributed by atoms with Crippen LogP contribution in [0.3, 0.4) is 0 Å². The van der Waals surface area contributed by atoms with Crippen molar-refractivity contribution >= 4 is 5.69 Å². The van der Waals surface area contributed by atoms with Crippen molar-refractivity contribution in [1.29, 1.82) is 0 Å². The highest BCUT2D eigenvalue weighted by atomic mass is 19.1.